The van der Waals surface area contributed by atoms with Crippen LogP contribution in [0, 0.1) is 0 Å². The van der Waals surface area contributed by atoms with Crippen LogP contribution < -0.4 is 0 Å². The fourth-order valence-electron chi connectivity index (χ4n) is 4.01. The predicted molar refractivity (Wildman–Crippen MR) is 115 cm³/mol. The number of hydrogen-bond donors (Lipinski definition) is 0. The smallest absolute Gasteiger partial charge is 0.289 e. The summed E-state index contributed by atoms with van der Waals surface area (Å²) in [6.07, 6.45) is 12.1. The number of furan rings is 1. The number of likely N-dealkylation sites (tertiary alicyclic amines) is 1. The third-order valence-corrected chi connectivity index (χ3v) is 5.65. The van der Waals surface area contributed by atoms with Crippen LogP contribution in [0.1, 0.15) is 35.0 Å². The van der Waals surface area contributed by atoms with Crippen molar-refractivity contribution in [2.24, 2.45) is 0 Å². The molecule has 0 saturated carbocycles. The van der Waals surface area contributed by atoms with E-state index in [0.29, 0.717) is 24.7 Å². The van der Waals surface area contributed by atoms with E-state index in [1.807, 2.05) is 35.4 Å². The normalized spacial score (nSPS) is 14.5. The third kappa shape index (κ3) is 3.94. The van der Waals surface area contributed by atoms with Gasteiger partial charge in [0.05, 0.1) is 12.0 Å². The summed E-state index contributed by atoms with van der Waals surface area (Å²) in [6, 6.07) is 11.2. The topological polar surface area (TPSA) is 85.0 Å². The molecule has 0 unspecified atom stereocenters. The minimum absolute atomic E-state index is 0.0574. The van der Waals surface area contributed by atoms with Gasteiger partial charge in [-0.3, -0.25) is 14.8 Å². The third-order valence-electron chi connectivity index (χ3n) is 5.65. The lowest BCUT2D eigenvalue weighted by molar-refractivity contribution is 0.0680. The van der Waals surface area contributed by atoms with Gasteiger partial charge in [-0.2, -0.15) is 0 Å². The van der Waals surface area contributed by atoms with Crippen LogP contribution >= 0.6 is 0 Å². The molecule has 1 saturated heterocycles. The van der Waals surface area contributed by atoms with Crippen LogP contribution in [-0.4, -0.2) is 43.8 Å². The molecule has 1 aliphatic heterocycles. The maximum Gasteiger partial charge on any atom is 0.289 e. The van der Waals surface area contributed by atoms with Gasteiger partial charge in [0.1, 0.15) is 0 Å². The molecule has 0 N–H and O–H groups in total. The Morgan fingerprint density at radius 3 is 2.26 bits per heavy atom. The van der Waals surface area contributed by atoms with Crippen molar-refractivity contribution < 1.29 is 9.21 Å². The van der Waals surface area contributed by atoms with Gasteiger partial charge < -0.3 is 9.32 Å². The minimum Gasteiger partial charge on any atom is -0.459 e. The Morgan fingerprint density at radius 2 is 1.61 bits per heavy atom. The summed E-state index contributed by atoms with van der Waals surface area (Å²) in [5, 5.41) is 0. The van der Waals surface area contributed by atoms with Crippen LogP contribution in [0.5, 0.6) is 0 Å². The molecule has 4 aromatic heterocycles. The van der Waals surface area contributed by atoms with Crippen LogP contribution in [0.2, 0.25) is 0 Å². The van der Waals surface area contributed by atoms with Crippen molar-refractivity contribution in [2.45, 2.75) is 18.8 Å². The minimum atomic E-state index is -0.0574. The average Bonchev–Trinajstić information content (AvgIpc) is 3.40. The summed E-state index contributed by atoms with van der Waals surface area (Å²) < 4.78 is 5.28. The van der Waals surface area contributed by atoms with Crippen molar-refractivity contribution in [3.63, 3.8) is 0 Å². The zero-order valence-electron chi connectivity index (χ0n) is 16.9. The molecule has 0 atom stereocenters. The largest absolute Gasteiger partial charge is 0.459 e. The molecule has 5 heterocycles. The zero-order valence-corrected chi connectivity index (χ0v) is 16.9. The Hall–Kier alpha value is -3.87. The lowest BCUT2D eigenvalue weighted by atomic mass is 9.89. The highest BCUT2D eigenvalue weighted by Gasteiger charge is 2.28. The van der Waals surface area contributed by atoms with Gasteiger partial charge in [-0.05, 0) is 54.8 Å². The second kappa shape index (κ2) is 8.47. The number of nitrogens with zero attached hydrogens (tertiary/aromatic N) is 5. The van der Waals surface area contributed by atoms with E-state index >= 15 is 0 Å². The molecule has 7 heteroatoms. The van der Waals surface area contributed by atoms with Gasteiger partial charge in [-0.25, -0.2) is 9.97 Å². The van der Waals surface area contributed by atoms with E-state index < -0.39 is 0 Å². The fourth-order valence-corrected chi connectivity index (χ4v) is 4.01. The molecule has 1 aliphatic rings. The second-order valence-corrected chi connectivity index (χ2v) is 7.51. The Kier molecular flexibility index (Phi) is 5.22. The van der Waals surface area contributed by atoms with Gasteiger partial charge in [0.15, 0.2) is 11.6 Å². The first-order valence-electron chi connectivity index (χ1n) is 10.3. The molecule has 4 aromatic rings. The average molecular weight is 411 g/mol. The van der Waals surface area contributed by atoms with Crippen LogP contribution in [0.3, 0.4) is 0 Å². The molecule has 0 spiro atoms. The molecule has 31 heavy (non-hydrogen) atoms. The monoisotopic (exact) mass is 411 g/mol. The van der Waals surface area contributed by atoms with Gasteiger partial charge in [0.25, 0.3) is 5.91 Å². The van der Waals surface area contributed by atoms with Gasteiger partial charge in [0.2, 0.25) is 0 Å². The summed E-state index contributed by atoms with van der Waals surface area (Å²) in [7, 11) is 0. The second-order valence-electron chi connectivity index (χ2n) is 7.51. The van der Waals surface area contributed by atoms with E-state index in [1.54, 1.807) is 36.9 Å². The van der Waals surface area contributed by atoms with Crippen molar-refractivity contribution in [1.29, 1.82) is 0 Å². The molecule has 1 amide bonds. The molecule has 7 nitrogen and oxygen atoms in total. The van der Waals surface area contributed by atoms with Gasteiger partial charge in [0, 0.05) is 61.1 Å². The maximum absolute atomic E-state index is 12.6. The first kappa shape index (κ1) is 19.1. The summed E-state index contributed by atoms with van der Waals surface area (Å²) in [5.41, 5.74) is 4.00. The summed E-state index contributed by atoms with van der Waals surface area (Å²) in [4.78, 5) is 32.3. The lowest BCUT2D eigenvalue weighted by Crippen LogP contribution is -2.38. The highest BCUT2D eigenvalue weighted by molar-refractivity contribution is 5.91. The summed E-state index contributed by atoms with van der Waals surface area (Å²) >= 11 is 0. The molecule has 0 bridgehead atoms. The fraction of sp³-hybridized carbons (Fsp3) is 0.208. The van der Waals surface area contributed by atoms with Crippen molar-refractivity contribution in [2.75, 3.05) is 13.1 Å². The predicted octanol–water partition coefficient (Wildman–Crippen LogP) is 4.21. The van der Waals surface area contributed by atoms with E-state index in [0.717, 1.165) is 35.2 Å². The van der Waals surface area contributed by atoms with E-state index in [4.69, 9.17) is 9.40 Å². The Morgan fingerprint density at radius 1 is 0.935 bits per heavy atom. The van der Waals surface area contributed by atoms with Gasteiger partial charge in [-0.1, -0.05) is 0 Å². The number of piperidine rings is 1. The molecular formula is C24H21N5O2. The quantitative estimate of drug-likeness (QED) is 0.500. The molecule has 1 fully saturated rings. The highest BCUT2D eigenvalue weighted by Crippen LogP contribution is 2.35. The van der Waals surface area contributed by atoms with Crippen molar-refractivity contribution in [3.8, 4) is 22.5 Å². The number of aromatic nitrogens is 4. The summed E-state index contributed by atoms with van der Waals surface area (Å²) in [6.45, 7) is 1.32. The summed E-state index contributed by atoms with van der Waals surface area (Å²) in [5.74, 6) is 1.24. The van der Waals surface area contributed by atoms with Gasteiger partial charge >= 0.3 is 0 Å². The zero-order chi connectivity index (χ0) is 21.0. The van der Waals surface area contributed by atoms with Crippen LogP contribution in [0.25, 0.3) is 22.5 Å². The first-order chi connectivity index (χ1) is 15.3. The van der Waals surface area contributed by atoms with E-state index in [-0.39, 0.29) is 11.8 Å². The van der Waals surface area contributed by atoms with Crippen molar-refractivity contribution >= 4 is 5.91 Å². The SMILES string of the molecule is O=C(c1ccco1)N1CCC(c2nc(-c3ccncc3)ncc2-c2ccncc2)CC1. The highest BCUT2D eigenvalue weighted by atomic mass is 16.3. The van der Waals surface area contributed by atoms with Gasteiger partial charge in [-0.15, -0.1) is 0 Å². The lowest BCUT2D eigenvalue weighted by Gasteiger charge is -2.32. The number of rotatable bonds is 4. The molecule has 0 aliphatic carbocycles. The van der Waals surface area contributed by atoms with E-state index in [9.17, 15) is 4.79 Å². The number of amides is 1. The number of carbonyl (C=O) groups is 1. The van der Waals surface area contributed by atoms with E-state index in [2.05, 4.69) is 15.0 Å². The Labute approximate surface area is 179 Å². The first-order valence-corrected chi connectivity index (χ1v) is 10.3. The van der Waals surface area contributed by atoms with Crippen LogP contribution in [0.15, 0.2) is 78.1 Å². The van der Waals surface area contributed by atoms with Crippen molar-refractivity contribution in [1.82, 2.24) is 24.8 Å². The maximum atomic E-state index is 12.6. The molecule has 5 rings (SSSR count). The Balaban J connectivity index is 1.45. The standard InChI is InChI=1S/C24H21N5O2/c30-24(21-2-1-15-31-21)29-13-7-18(8-14-29)22-20(17-3-9-25-10-4-17)16-27-23(28-22)19-5-11-26-12-6-19/h1-6,9-12,15-16,18H,7-8,13-14H2. The molecular weight excluding hydrogens is 390 g/mol. The van der Waals surface area contributed by atoms with Crippen LogP contribution in [-0.2, 0) is 0 Å². The molecule has 0 radical (unpaired) electrons. The number of carbonyl (C=O) groups excluding carboxylic acids is 1. The molecule has 154 valence electrons. The van der Waals surface area contributed by atoms with E-state index in [1.165, 1.54) is 6.26 Å². The number of pyridine rings is 2. The number of hydrogen-bond acceptors (Lipinski definition) is 6. The van der Waals surface area contributed by atoms with Crippen LogP contribution in [0.4, 0.5) is 0 Å². The van der Waals surface area contributed by atoms with Crippen molar-refractivity contribution in [3.05, 3.63) is 85.1 Å². The Bertz CT molecular complexity index is 1160. The molecule has 0 aromatic carbocycles.